The van der Waals surface area contributed by atoms with Crippen molar-refractivity contribution in [3.8, 4) is 0 Å². The average Bonchev–Trinajstić information content (AvgIpc) is 2.27. The standard InChI is InChI=1S/C14H19ClFN/c1-9-3-5-12(7-10(9)2)17-14-6-4-11(15)8-13(14)16/h4,6,8-10,12,17H,3,5,7H2,1-2H3. The van der Waals surface area contributed by atoms with Gasteiger partial charge in [-0.2, -0.15) is 0 Å². The van der Waals surface area contributed by atoms with Crippen LogP contribution in [0.3, 0.4) is 0 Å². The maximum absolute atomic E-state index is 13.6. The first-order valence-electron chi connectivity index (χ1n) is 6.28. The Hall–Kier alpha value is -0.760. The minimum absolute atomic E-state index is 0.260. The van der Waals surface area contributed by atoms with Crippen molar-refractivity contribution in [2.75, 3.05) is 5.32 Å². The summed E-state index contributed by atoms with van der Waals surface area (Å²) in [5.74, 6) is 1.23. The van der Waals surface area contributed by atoms with E-state index >= 15 is 0 Å². The smallest absolute Gasteiger partial charge is 0.147 e. The van der Waals surface area contributed by atoms with Crippen molar-refractivity contribution >= 4 is 17.3 Å². The topological polar surface area (TPSA) is 12.0 Å². The molecule has 0 amide bonds. The van der Waals surface area contributed by atoms with Gasteiger partial charge in [0.05, 0.1) is 5.69 Å². The summed E-state index contributed by atoms with van der Waals surface area (Å²) < 4.78 is 13.6. The van der Waals surface area contributed by atoms with Gasteiger partial charge in [0.1, 0.15) is 5.82 Å². The Morgan fingerprint density at radius 3 is 2.65 bits per heavy atom. The van der Waals surface area contributed by atoms with E-state index in [0.29, 0.717) is 22.7 Å². The number of anilines is 1. The van der Waals surface area contributed by atoms with E-state index in [-0.39, 0.29) is 5.82 Å². The second-order valence-corrected chi connectivity index (χ2v) is 5.67. The van der Waals surface area contributed by atoms with Crippen LogP contribution in [0.1, 0.15) is 33.1 Å². The fourth-order valence-corrected chi connectivity index (χ4v) is 2.66. The molecule has 1 saturated carbocycles. The fraction of sp³-hybridized carbons (Fsp3) is 0.571. The van der Waals surface area contributed by atoms with Gasteiger partial charge in [0, 0.05) is 11.1 Å². The van der Waals surface area contributed by atoms with Crippen LogP contribution in [0.4, 0.5) is 10.1 Å². The first-order chi connectivity index (χ1) is 8.06. The highest BCUT2D eigenvalue weighted by molar-refractivity contribution is 6.30. The molecule has 0 aliphatic heterocycles. The van der Waals surface area contributed by atoms with E-state index in [4.69, 9.17) is 11.6 Å². The molecule has 3 heteroatoms. The lowest BCUT2D eigenvalue weighted by atomic mass is 9.79. The molecular formula is C14H19ClFN. The van der Waals surface area contributed by atoms with Crippen LogP contribution in [-0.4, -0.2) is 6.04 Å². The van der Waals surface area contributed by atoms with E-state index < -0.39 is 0 Å². The molecule has 1 aliphatic carbocycles. The molecule has 1 aliphatic rings. The number of rotatable bonds is 2. The Labute approximate surface area is 107 Å². The minimum Gasteiger partial charge on any atom is -0.380 e. The first-order valence-corrected chi connectivity index (χ1v) is 6.65. The molecule has 1 aromatic carbocycles. The first kappa shape index (κ1) is 12.7. The van der Waals surface area contributed by atoms with Gasteiger partial charge in [-0.3, -0.25) is 0 Å². The Morgan fingerprint density at radius 2 is 2.00 bits per heavy atom. The van der Waals surface area contributed by atoms with Gasteiger partial charge in [-0.15, -0.1) is 0 Å². The summed E-state index contributed by atoms with van der Waals surface area (Å²) in [5.41, 5.74) is 0.571. The van der Waals surface area contributed by atoms with E-state index in [1.54, 1.807) is 12.1 Å². The molecule has 1 nitrogen and oxygen atoms in total. The third kappa shape index (κ3) is 3.12. The molecule has 94 valence electrons. The molecule has 0 spiro atoms. The largest absolute Gasteiger partial charge is 0.380 e. The average molecular weight is 256 g/mol. The zero-order chi connectivity index (χ0) is 12.4. The van der Waals surface area contributed by atoms with Crippen LogP contribution in [0.25, 0.3) is 0 Å². The molecule has 17 heavy (non-hydrogen) atoms. The van der Waals surface area contributed by atoms with Gasteiger partial charge in [0.15, 0.2) is 0 Å². The zero-order valence-corrected chi connectivity index (χ0v) is 11.1. The molecule has 3 atom stereocenters. The lowest BCUT2D eigenvalue weighted by molar-refractivity contribution is 0.260. The van der Waals surface area contributed by atoms with Crippen molar-refractivity contribution in [2.45, 2.75) is 39.2 Å². The molecule has 3 unspecified atom stereocenters. The third-order valence-corrected chi connectivity index (χ3v) is 4.12. The van der Waals surface area contributed by atoms with E-state index in [2.05, 4.69) is 19.2 Å². The summed E-state index contributed by atoms with van der Waals surface area (Å²) in [5, 5.41) is 3.74. The summed E-state index contributed by atoms with van der Waals surface area (Å²) in [4.78, 5) is 0. The second kappa shape index (κ2) is 5.26. The van der Waals surface area contributed by atoms with Crippen LogP contribution in [0.5, 0.6) is 0 Å². The number of hydrogen-bond acceptors (Lipinski definition) is 1. The molecule has 0 heterocycles. The zero-order valence-electron chi connectivity index (χ0n) is 10.3. The van der Waals surface area contributed by atoms with Crippen molar-refractivity contribution in [1.82, 2.24) is 0 Å². The van der Waals surface area contributed by atoms with Gasteiger partial charge in [0.2, 0.25) is 0 Å². The molecule has 0 bridgehead atoms. The van der Waals surface area contributed by atoms with Crippen molar-refractivity contribution in [3.05, 3.63) is 29.0 Å². The number of benzene rings is 1. The van der Waals surface area contributed by atoms with E-state index in [1.807, 2.05) is 0 Å². The normalized spacial score (nSPS) is 29.1. The quantitative estimate of drug-likeness (QED) is 0.807. The van der Waals surface area contributed by atoms with Crippen molar-refractivity contribution in [1.29, 1.82) is 0 Å². The summed E-state index contributed by atoms with van der Waals surface area (Å²) in [6.45, 7) is 4.57. The summed E-state index contributed by atoms with van der Waals surface area (Å²) in [6.07, 6.45) is 3.45. The SMILES string of the molecule is CC1CCC(Nc2ccc(Cl)cc2F)CC1C. The fourth-order valence-electron chi connectivity index (χ4n) is 2.51. The Balaban J connectivity index is 2.01. The minimum atomic E-state index is -0.260. The molecule has 0 saturated heterocycles. The monoisotopic (exact) mass is 255 g/mol. The number of nitrogens with one attached hydrogen (secondary N) is 1. The predicted octanol–water partition coefficient (Wildman–Crippen LogP) is 4.72. The van der Waals surface area contributed by atoms with E-state index in [1.165, 1.54) is 12.5 Å². The van der Waals surface area contributed by atoms with E-state index in [9.17, 15) is 4.39 Å². The van der Waals surface area contributed by atoms with Gasteiger partial charge in [-0.25, -0.2) is 4.39 Å². The third-order valence-electron chi connectivity index (χ3n) is 3.89. The Morgan fingerprint density at radius 1 is 1.24 bits per heavy atom. The summed E-state index contributed by atoms with van der Waals surface area (Å²) in [7, 11) is 0. The van der Waals surface area contributed by atoms with Gasteiger partial charge >= 0.3 is 0 Å². The Bertz CT molecular complexity index is 394. The molecule has 0 aromatic heterocycles. The molecular weight excluding hydrogens is 237 g/mol. The molecule has 0 radical (unpaired) electrons. The maximum atomic E-state index is 13.6. The van der Waals surface area contributed by atoms with Crippen LogP contribution in [0, 0.1) is 17.7 Å². The van der Waals surface area contributed by atoms with Gasteiger partial charge in [-0.1, -0.05) is 25.4 Å². The molecule has 1 fully saturated rings. The number of hydrogen-bond donors (Lipinski definition) is 1. The highest BCUT2D eigenvalue weighted by Crippen LogP contribution is 2.31. The Kier molecular flexibility index (Phi) is 3.93. The maximum Gasteiger partial charge on any atom is 0.147 e. The highest BCUT2D eigenvalue weighted by Gasteiger charge is 2.24. The van der Waals surface area contributed by atoms with Gasteiger partial charge in [-0.05, 0) is 49.3 Å². The highest BCUT2D eigenvalue weighted by atomic mass is 35.5. The summed E-state index contributed by atoms with van der Waals surface area (Å²) in [6, 6.07) is 5.19. The van der Waals surface area contributed by atoms with Crippen molar-refractivity contribution in [3.63, 3.8) is 0 Å². The molecule has 1 aromatic rings. The van der Waals surface area contributed by atoms with Crippen LogP contribution < -0.4 is 5.32 Å². The second-order valence-electron chi connectivity index (χ2n) is 5.23. The molecule has 1 N–H and O–H groups in total. The van der Waals surface area contributed by atoms with E-state index in [0.717, 1.165) is 18.8 Å². The van der Waals surface area contributed by atoms with Crippen LogP contribution in [-0.2, 0) is 0 Å². The lowest BCUT2D eigenvalue weighted by Gasteiger charge is -2.33. The summed E-state index contributed by atoms with van der Waals surface area (Å²) >= 11 is 5.73. The van der Waals surface area contributed by atoms with Crippen LogP contribution >= 0.6 is 11.6 Å². The van der Waals surface area contributed by atoms with Crippen LogP contribution in [0.2, 0.25) is 5.02 Å². The number of halogens is 2. The van der Waals surface area contributed by atoms with Crippen molar-refractivity contribution < 1.29 is 4.39 Å². The molecule has 2 rings (SSSR count). The van der Waals surface area contributed by atoms with Gasteiger partial charge < -0.3 is 5.32 Å². The van der Waals surface area contributed by atoms with Crippen LogP contribution in [0.15, 0.2) is 18.2 Å². The van der Waals surface area contributed by atoms with Crippen molar-refractivity contribution in [2.24, 2.45) is 11.8 Å². The lowest BCUT2D eigenvalue weighted by Crippen LogP contribution is -2.30. The van der Waals surface area contributed by atoms with Gasteiger partial charge in [0.25, 0.3) is 0 Å². The predicted molar refractivity (Wildman–Crippen MR) is 71.0 cm³/mol.